The number of nitrogens with zero attached hydrogens (tertiary/aromatic N) is 3. The molecule has 1 aromatic carbocycles. The van der Waals surface area contributed by atoms with Gasteiger partial charge in [0.25, 0.3) is 0 Å². The monoisotopic (exact) mass is 433 g/mol. The lowest BCUT2D eigenvalue weighted by molar-refractivity contribution is -0.146. The molecule has 1 aliphatic heterocycles. The van der Waals surface area contributed by atoms with Gasteiger partial charge < -0.3 is 9.80 Å². The van der Waals surface area contributed by atoms with Gasteiger partial charge in [0.05, 0.1) is 5.41 Å². The molecule has 2 heterocycles. The van der Waals surface area contributed by atoms with Crippen LogP contribution in [0.3, 0.4) is 0 Å². The Kier molecular flexibility index (Phi) is 6.92. The molecule has 1 saturated carbocycles. The molecular weight excluding hydrogens is 398 g/mol. The van der Waals surface area contributed by atoms with Crippen LogP contribution < -0.4 is 0 Å². The summed E-state index contributed by atoms with van der Waals surface area (Å²) in [5, 5.41) is 0. The maximum Gasteiger partial charge on any atom is 0.228 e. The van der Waals surface area contributed by atoms with E-state index in [9.17, 15) is 9.59 Å². The predicted molar refractivity (Wildman–Crippen MR) is 127 cm³/mol. The predicted octanol–water partition coefficient (Wildman–Crippen LogP) is 4.57. The molecule has 0 N–H and O–H groups in total. The number of benzene rings is 1. The van der Waals surface area contributed by atoms with Crippen LogP contribution in [0.15, 0.2) is 48.8 Å². The van der Waals surface area contributed by atoms with Crippen molar-refractivity contribution in [2.75, 3.05) is 27.2 Å². The Hall–Kier alpha value is -2.69. The first-order valence-corrected chi connectivity index (χ1v) is 12.0. The van der Waals surface area contributed by atoms with Crippen molar-refractivity contribution in [2.24, 2.45) is 11.3 Å². The van der Waals surface area contributed by atoms with E-state index in [0.29, 0.717) is 44.7 Å². The van der Waals surface area contributed by atoms with Crippen molar-refractivity contribution in [3.05, 3.63) is 54.4 Å². The molecule has 1 aromatic heterocycles. The highest BCUT2D eigenvalue weighted by molar-refractivity contribution is 5.84. The van der Waals surface area contributed by atoms with Crippen LogP contribution >= 0.6 is 0 Å². The summed E-state index contributed by atoms with van der Waals surface area (Å²) in [5.74, 6) is 1.00. The van der Waals surface area contributed by atoms with Crippen LogP contribution in [0.1, 0.15) is 50.5 Å². The van der Waals surface area contributed by atoms with Crippen molar-refractivity contribution in [3.8, 4) is 11.1 Å². The molecule has 5 nitrogen and oxygen atoms in total. The first-order valence-electron chi connectivity index (χ1n) is 12.0. The molecule has 0 bridgehead atoms. The number of carbonyl (C=O) groups is 2. The molecule has 32 heavy (non-hydrogen) atoms. The molecular formula is C27H35N3O2. The Balaban J connectivity index is 1.53. The van der Waals surface area contributed by atoms with Crippen LogP contribution in [-0.2, 0) is 16.0 Å². The number of likely N-dealkylation sites (tertiary alicyclic amines) is 1. The summed E-state index contributed by atoms with van der Waals surface area (Å²) in [7, 11) is 3.68. The zero-order chi connectivity index (χ0) is 22.6. The van der Waals surface area contributed by atoms with Crippen LogP contribution in [0, 0.1) is 11.3 Å². The van der Waals surface area contributed by atoms with Crippen LogP contribution in [0.25, 0.3) is 11.1 Å². The van der Waals surface area contributed by atoms with Crippen molar-refractivity contribution in [3.63, 3.8) is 0 Å². The third-order valence-electron chi connectivity index (χ3n) is 7.39. The molecule has 170 valence electrons. The topological polar surface area (TPSA) is 53.5 Å². The van der Waals surface area contributed by atoms with E-state index in [2.05, 4.69) is 23.2 Å². The lowest BCUT2D eigenvalue weighted by Gasteiger charge is -2.42. The molecule has 0 spiro atoms. The number of amides is 2. The summed E-state index contributed by atoms with van der Waals surface area (Å²) >= 11 is 0. The first-order chi connectivity index (χ1) is 15.5. The second-order valence-corrected chi connectivity index (χ2v) is 9.79. The van der Waals surface area contributed by atoms with Crippen molar-refractivity contribution in [1.82, 2.24) is 14.8 Å². The smallest absolute Gasteiger partial charge is 0.228 e. The number of hydrogen-bond donors (Lipinski definition) is 0. The Morgan fingerprint density at radius 2 is 1.78 bits per heavy atom. The number of hydrogen-bond acceptors (Lipinski definition) is 3. The summed E-state index contributed by atoms with van der Waals surface area (Å²) in [6, 6.07) is 12.3. The second kappa shape index (κ2) is 9.85. The minimum Gasteiger partial charge on any atom is -0.348 e. The van der Waals surface area contributed by atoms with E-state index in [0.717, 1.165) is 11.1 Å². The Bertz CT molecular complexity index is 927. The summed E-state index contributed by atoms with van der Waals surface area (Å²) in [4.78, 5) is 34.3. The van der Waals surface area contributed by atoms with Gasteiger partial charge in [-0.2, -0.15) is 0 Å². The average molecular weight is 434 g/mol. The Morgan fingerprint density at radius 1 is 1.06 bits per heavy atom. The van der Waals surface area contributed by atoms with Crippen LogP contribution in [0.4, 0.5) is 0 Å². The third kappa shape index (κ3) is 4.87. The molecule has 2 aromatic rings. The number of aromatic nitrogens is 1. The maximum atomic E-state index is 13.4. The molecule has 2 amide bonds. The molecule has 2 fully saturated rings. The SMILES string of the molecule is CN(C)C(=O)C1(Cc2ccccc2-c2cccnc2)CCN(C(=O)CC2CCCC2)CC1. The molecule has 0 atom stereocenters. The number of pyridine rings is 1. The van der Waals surface area contributed by atoms with Crippen LogP contribution in [0.5, 0.6) is 0 Å². The van der Waals surface area contributed by atoms with Gasteiger partial charge in [0.15, 0.2) is 0 Å². The molecule has 1 saturated heterocycles. The molecule has 5 heteroatoms. The van der Waals surface area contributed by atoms with Crippen molar-refractivity contribution in [2.45, 2.75) is 51.4 Å². The van der Waals surface area contributed by atoms with Crippen molar-refractivity contribution in [1.29, 1.82) is 0 Å². The van der Waals surface area contributed by atoms with Crippen LogP contribution in [-0.4, -0.2) is 53.8 Å². The summed E-state index contributed by atoms with van der Waals surface area (Å²) in [5.41, 5.74) is 2.89. The third-order valence-corrected chi connectivity index (χ3v) is 7.39. The van der Waals surface area contributed by atoms with Crippen LogP contribution in [0.2, 0.25) is 0 Å². The Morgan fingerprint density at radius 3 is 2.44 bits per heavy atom. The fraction of sp³-hybridized carbons (Fsp3) is 0.519. The van der Waals surface area contributed by atoms with Gasteiger partial charge in [-0.25, -0.2) is 0 Å². The van der Waals surface area contributed by atoms with E-state index < -0.39 is 5.41 Å². The summed E-state index contributed by atoms with van der Waals surface area (Å²) in [6.07, 6.45) is 11.3. The van der Waals surface area contributed by atoms with Gasteiger partial charge in [-0.3, -0.25) is 14.6 Å². The average Bonchev–Trinajstić information content (AvgIpc) is 3.33. The first kappa shape index (κ1) is 22.5. The van der Waals surface area contributed by atoms with E-state index in [1.807, 2.05) is 43.4 Å². The van der Waals surface area contributed by atoms with Crippen molar-refractivity contribution >= 4 is 11.8 Å². The largest absolute Gasteiger partial charge is 0.348 e. The van der Waals surface area contributed by atoms with E-state index in [1.165, 1.54) is 31.2 Å². The minimum absolute atomic E-state index is 0.168. The normalized spacial score (nSPS) is 18.5. The molecule has 0 unspecified atom stereocenters. The highest BCUT2D eigenvalue weighted by Gasteiger charge is 2.43. The number of rotatable bonds is 6. The fourth-order valence-electron chi connectivity index (χ4n) is 5.56. The van der Waals surface area contributed by atoms with E-state index in [-0.39, 0.29) is 11.8 Å². The van der Waals surface area contributed by atoms with Gasteiger partial charge in [0.2, 0.25) is 11.8 Å². The van der Waals surface area contributed by atoms with Gasteiger partial charge in [-0.05, 0) is 55.2 Å². The van der Waals surface area contributed by atoms with Gasteiger partial charge in [-0.1, -0.05) is 43.2 Å². The quantitative estimate of drug-likeness (QED) is 0.671. The fourth-order valence-corrected chi connectivity index (χ4v) is 5.56. The standard InChI is InChI=1S/C27H35N3O2/c1-29(2)26(32)27(13-16-30(17-14-27)25(31)18-21-8-3-4-9-21)19-22-10-5-6-12-24(22)23-11-7-15-28-20-23/h5-7,10-12,15,20-21H,3-4,8-9,13-14,16-19H2,1-2H3. The van der Waals surface area contributed by atoms with Crippen molar-refractivity contribution < 1.29 is 9.59 Å². The molecule has 2 aliphatic rings. The summed E-state index contributed by atoms with van der Waals surface area (Å²) < 4.78 is 0. The number of carbonyl (C=O) groups excluding carboxylic acids is 2. The second-order valence-electron chi connectivity index (χ2n) is 9.79. The highest BCUT2D eigenvalue weighted by atomic mass is 16.2. The molecule has 4 rings (SSSR count). The minimum atomic E-state index is -0.480. The summed E-state index contributed by atoms with van der Waals surface area (Å²) in [6.45, 7) is 1.33. The van der Waals surface area contributed by atoms with E-state index >= 15 is 0 Å². The molecule has 1 aliphatic carbocycles. The number of piperidine rings is 1. The van der Waals surface area contributed by atoms with Gasteiger partial charge in [0.1, 0.15) is 0 Å². The zero-order valence-electron chi connectivity index (χ0n) is 19.4. The van der Waals surface area contributed by atoms with Gasteiger partial charge in [-0.15, -0.1) is 0 Å². The van der Waals surface area contributed by atoms with E-state index in [4.69, 9.17) is 0 Å². The van der Waals surface area contributed by atoms with E-state index in [1.54, 1.807) is 11.1 Å². The highest BCUT2D eigenvalue weighted by Crippen LogP contribution is 2.40. The Labute approximate surface area is 191 Å². The van der Waals surface area contributed by atoms with Gasteiger partial charge >= 0.3 is 0 Å². The lowest BCUT2D eigenvalue weighted by atomic mass is 9.71. The molecule has 0 radical (unpaired) electrons. The lowest BCUT2D eigenvalue weighted by Crippen LogP contribution is -2.51. The maximum absolute atomic E-state index is 13.4. The van der Waals surface area contributed by atoms with Gasteiger partial charge in [0, 0.05) is 51.6 Å². The zero-order valence-corrected chi connectivity index (χ0v) is 19.4.